The first-order valence-corrected chi connectivity index (χ1v) is 7.53. The molecule has 1 saturated heterocycles. The minimum absolute atomic E-state index is 0.0764. The van der Waals surface area contributed by atoms with Crippen molar-refractivity contribution in [3.8, 4) is 5.75 Å². The summed E-state index contributed by atoms with van der Waals surface area (Å²) in [4.78, 5) is -0.0764. The molecule has 1 aromatic rings. The molecule has 20 heavy (non-hydrogen) atoms. The van der Waals surface area contributed by atoms with Gasteiger partial charge in [0.1, 0.15) is 10.6 Å². The van der Waals surface area contributed by atoms with Gasteiger partial charge in [-0.15, -0.1) is 0 Å². The highest BCUT2D eigenvalue weighted by atomic mass is 32.2. The monoisotopic (exact) mass is 301 g/mol. The van der Waals surface area contributed by atoms with E-state index in [1.54, 1.807) is 0 Å². The maximum absolute atomic E-state index is 12.6. The minimum Gasteiger partial charge on any atom is -0.495 e. The summed E-state index contributed by atoms with van der Waals surface area (Å²) in [5.74, 6) is 0.167. The molecule has 0 saturated carbocycles. The summed E-state index contributed by atoms with van der Waals surface area (Å²) in [6, 6.07) is 4.03. The van der Waals surface area contributed by atoms with Gasteiger partial charge in [-0.05, 0) is 17.6 Å². The summed E-state index contributed by atoms with van der Waals surface area (Å²) in [5.41, 5.74) is 0.0950. The predicted molar refractivity (Wildman–Crippen MR) is 72.4 cm³/mol. The van der Waals surface area contributed by atoms with Crippen LogP contribution >= 0.6 is 0 Å². The van der Waals surface area contributed by atoms with Crippen LogP contribution in [0.4, 0.5) is 0 Å². The van der Waals surface area contributed by atoms with Gasteiger partial charge in [0.2, 0.25) is 10.0 Å². The molecule has 0 unspecified atom stereocenters. The van der Waals surface area contributed by atoms with Gasteiger partial charge in [0.25, 0.3) is 0 Å². The van der Waals surface area contributed by atoms with Gasteiger partial charge in [0.15, 0.2) is 0 Å². The van der Waals surface area contributed by atoms with Gasteiger partial charge in [0.05, 0.1) is 20.3 Å². The molecule has 0 atom stereocenters. The van der Waals surface area contributed by atoms with E-state index in [1.165, 1.54) is 29.6 Å². The lowest BCUT2D eigenvalue weighted by Gasteiger charge is -2.26. The van der Waals surface area contributed by atoms with E-state index in [0.717, 1.165) is 0 Å². The van der Waals surface area contributed by atoms with Gasteiger partial charge in [-0.1, -0.05) is 6.07 Å². The number of ether oxygens (including phenoxy) is 2. The first-order chi connectivity index (χ1) is 9.46. The van der Waals surface area contributed by atoms with Crippen LogP contribution in [0.2, 0.25) is 0 Å². The maximum atomic E-state index is 12.6. The molecule has 1 aromatic carbocycles. The van der Waals surface area contributed by atoms with E-state index in [2.05, 4.69) is 0 Å². The molecule has 1 heterocycles. The molecule has 7 nitrogen and oxygen atoms in total. The third-order valence-corrected chi connectivity index (χ3v) is 4.99. The second-order valence-electron chi connectivity index (χ2n) is 4.30. The first-order valence-electron chi connectivity index (χ1n) is 6.09. The van der Waals surface area contributed by atoms with Crippen LogP contribution in [0.15, 0.2) is 23.1 Å². The number of hydrogen-bond donors (Lipinski definition) is 2. The van der Waals surface area contributed by atoms with E-state index in [-0.39, 0.29) is 29.2 Å². The van der Waals surface area contributed by atoms with Crippen molar-refractivity contribution in [3.63, 3.8) is 0 Å². The van der Waals surface area contributed by atoms with Gasteiger partial charge in [0, 0.05) is 13.1 Å². The Balaban J connectivity index is 2.45. The number of morpholine rings is 1. The molecule has 0 radical (unpaired) electrons. The fourth-order valence-corrected chi connectivity index (χ4v) is 3.58. The second-order valence-corrected chi connectivity index (χ2v) is 6.21. The molecular weight excluding hydrogens is 285 g/mol. The SMILES string of the molecule is COc1ccc(B(O)O)cc1S(=O)(=O)N1CCOCC1. The molecule has 0 aliphatic carbocycles. The average molecular weight is 301 g/mol. The molecular formula is C11H16BNO6S. The van der Waals surface area contributed by atoms with Gasteiger partial charge >= 0.3 is 7.12 Å². The van der Waals surface area contributed by atoms with E-state index in [0.29, 0.717) is 13.2 Å². The van der Waals surface area contributed by atoms with Crippen molar-refractivity contribution in [3.05, 3.63) is 18.2 Å². The van der Waals surface area contributed by atoms with Crippen LogP contribution in [0.3, 0.4) is 0 Å². The maximum Gasteiger partial charge on any atom is 0.488 e. The topological polar surface area (TPSA) is 96.3 Å². The Bertz CT molecular complexity index is 570. The molecule has 1 aliphatic heterocycles. The number of sulfonamides is 1. The molecule has 1 aliphatic rings. The van der Waals surface area contributed by atoms with Gasteiger partial charge in [-0.2, -0.15) is 4.31 Å². The summed E-state index contributed by atoms with van der Waals surface area (Å²) in [7, 11) is -4.13. The Kier molecular flexibility index (Phi) is 4.66. The third kappa shape index (κ3) is 2.96. The number of methoxy groups -OCH3 is 1. The molecule has 110 valence electrons. The highest BCUT2D eigenvalue weighted by Gasteiger charge is 2.30. The van der Waals surface area contributed by atoms with E-state index in [9.17, 15) is 18.5 Å². The third-order valence-electron chi connectivity index (χ3n) is 3.07. The number of rotatable bonds is 4. The normalized spacial score (nSPS) is 16.9. The molecule has 2 N–H and O–H groups in total. The zero-order chi connectivity index (χ0) is 14.8. The van der Waals surface area contributed by atoms with Crippen molar-refractivity contribution in [1.82, 2.24) is 4.31 Å². The lowest BCUT2D eigenvalue weighted by atomic mass is 9.80. The van der Waals surface area contributed by atoms with Crippen LogP contribution in [0, 0.1) is 0 Å². The predicted octanol–water partition coefficient (Wildman–Crippen LogP) is -1.60. The molecule has 0 amide bonds. The molecule has 0 bridgehead atoms. The van der Waals surface area contributed by atoms with E-state index < -0.39 is 17.1 Å². The van der Waals surface area contributed by atoms with Crippen LogP contribution in [0.25, 0.3) is 0 Å². The summed E-state index contributed by atoms with van der Waals surface area (Å²) >= 11 is 0. The van der Waals surface area contributed by atoms with Crippen LogP contribution in [-0.2, 0) is 14.8 Å². The van der Waals surface area contributed by atoms with Crippen LogP contribution in [0.1, 0.15) is 0 Å². The number of nitrogens with zero attached hydrogens (tertiary/aromatic N) is 1. The van der Waals surface area contributed by atoms with Crippen LogP contribution in [0.5, 0.6) is 5.75 Å². The summed E-state index contributed by atoms with van der Waals surface area (Å²) < 4.78 is 36.6. The summed E-state index contributed by atoms with van der Waals surface area (Å²) in [6.45, 7) is 1.20. The molecule has 1 fully saturated rings. The molecule has 0 aromatic heterocycles. The van der Waals surface area contributed by atoms with Crippen LogP contribution < -0.4 is 10.2 Å². The number of benzene rings is 1. The van der Waals surface area contributed by atoms with Crippen molar-refractivity contribution in [1.29, 1.82) is 0 Å². The summed E-state index contributed by atoms with van der Waals surface area (Å²) in [6.07, 6.45) is 0. The van der Waals surface area contributed by atoms with Crippen molar-refractivity contribution in [2.24, 2.45) is 0 Å². The fourth-order valence-electron chi connectivity index (χ4n) is 1.98. The van der Waals surface area contributed by atoms with Crippen molar-refractivity contribution in [2.45, 2.75) is 4.90 Å². The standard InChI is InChI=1S/C11H16BNO6S/c1-18-10-3-2-9(12(14)15)8-11(10)20(16,17)13-4-6-19-7-5-13/h2-3,8,14-15H,4-7H2,1H3. The largest absolute Gasteiger partial charge is 0.495 e. The van der Waals surface area contributed by atoms with Crippen molar-refractivity contribution < 1.29 is 27.9 Å². The lowest BCUT2D eigenvalue weighted by molar-refractivity contribution is 0.0729. The highest BCUT2D eigenvalue weighted by Crippen LogP contribution is 2.26. The lowest BCUT2D eigenvalue weighted by Crippen LogP contribution is -2.41. The average Bonchev–Trinajstić information content (AvgIpc) is 2.47. The Hall–Kier alpha value is -1.13. The van der Waals surface area contributed by atoms with Crippen molar-refractivity contribution >= 4 is 22.6 Å². The molecule has 2 rings (SSSR count). The van der Waals surface area contributed by atoms with Crippen LogP contribution in [-0.4, -0.2) is 63.3 Å². The second kappa shape index (κ2) is 6.11. The Morgan fingerprint density at radius 1 is 1.30 bits per heavy atom. The Labute approximate surface area is 117 Å². The van der Waals surface area contributed by atoms with E-state index in [1.807, 2.05) is 0 Å². The Morgan fingerprint density at radius 2 is 1.95 bits per heavy atom. The highest BCUT2D eigenvalue weighted by molar-refractivity contribution is 7.89. The smallest absolute Gasteiger partial charge is 0.488 e. The Morgan fingerprint density at radius 3 is 2.50 bits per heavy atom. The first kappa shape index (κ1) is 15.3. The van der Waals surface area contributed by atoms with Gasteiger partial charge < -0.3 is 19.5 Å². The zero-order valence-corrected chi connectivity index (χ0v) is 11.8. The quantitative estimate of drug-likeness (QED) is 0.650. The zero-order valence-electron chi connectivity index (χ0n) is 11.0. The van der Waals surface area contributed by atoms with E-state index in [4.69, 9.17) is 9.47 Å². The molecule has 0 spiro atoms. The minimum atomic E-state index is -3.75. The van der Waals surface area contributed by atoms with Crippen molar-refractivity contribution in [2.75, 3.05) is 33.4 Å². The van der Waals surface area contributed by atoms with E-state index >= 15 is 0 Å². The van der Waals surface area contributed by atoms with Gasteiger partial charge in [-0.3, -0.25) is 0 Å². The fraction of sp³-hybridized carbons (Fsp3) is 0.455. The van der Waals surface area contributed by atoms with Gasteiger partial charge in [-0.25, -0.2) is 8.42 Å². The number of hydrogen-bond acceptors (Lipinski definition) is 6. The molecule has 9 heteroatoms. The summed E-state index contributed by atoms with van der Waals surface area (Å²) in [5, 5.41) is 18.3.